The molecule has 2 heterocycles. The average Bonchev–Trinajstić information content (AvgIpc) is 3.25. The Labute approximate surface area is 185 Å². The number of hydrogen-bond donors (Lipinski definition) is 1. The Kier molecular flexibility index (Phi) is 9.31. The van der Waals surface area contributed by atoms with E-state index in [1.807, 2.05) is 19.9 Å². The second kappa shape index (κ2) is 11.5. The number of aliphatic imine (C=N–C) groups is 1. The topological polar surface area (TPSA) is 50.0 Å². The number of benzene rings is 1. The van der Waals surface area contributed by atoms with Crippen molar-refractivity contribution in [1.82, 2.24) is 10.2 Å². The lowest BCUT2D eigenvalue weighted by atomic mass is 10.1. The van der Waals surface area contributed by atoms with Gasteiger partial charge in [-0.15, -0.1) is 24.0 Å². The summed E-state index contributed by atoms with van der Waals surface area (Å²) in [5.74, 6) is 3.44. The van der Waals surface area contributed by atoms with Crippen molar-refractivity contribution in [1.29, 1.82) is 0 Å². The summed E-state index contributed by atoms with van der Waals surface area (Å²) in [6.45, 7) is 11.1. The first-order chi connectivity index (χ1) is 13.2. The molecule has 0 aliphatic carbocycles. The van der Waals surface area contributed by atoms with E-state index in [9.17, 15) is 0 Å². The molecule has 0 saturated carbocycles. The van der Waals surface area contributed by atoms with Crippen molar-refractivity contribution in [3.63, 3.8) is 0 Å². The summed E-state index contributed by atoms with van der Waals surface area (Å²) in [6.07, 6.45) is 1.14. The summed E-state index contributed by atoms with van der Waals surface area (Å²) in [4.78, 5) is 7.18. The maximum atomic E-state index is 5.94. The molecule has 28 heavy (non-hydrogen) atoms. The predicted octanol–water partition coefficient (Wildman–Crippen LogP) is 4.52. The van der Waals surface area contributed by atoms with Crippen LogP contribution in [-0.4, -0.2) is 37.1 Å². The Balaban J connectivity index is 0.00000280. The van der Waals surface area contributed by atoms with Crippen LogP contribution in [0.4, 0.5) is 0 Å². The van der Waals surface area contributed by atoms with E-state index in [4.69, 9.17) is 14.1 Å². The number of furan rings is 1. The zero-order chi connectivity index (χ0) is 19.1. The Morgan fingerprint density at radius 2 is 2.07 bits per heavy atom. The van der Waals surface area contributed by atoms with E-state index >= 15 is 0 Å². The second-order valence-corrected chi connectivity index (χ2v) is 7.21. The van der Waals surface area contributed by atoms with Gasteiger partial charge in [0.25, 0.3) is 0 Å². The van der Waals surface area contributed by atoms with Crippen LogP contribution in [0.15, 0.2) is 45.8 Å². The SMILES string of the molecule is CCNC(=NCc1cc(C)oc1C)N1CCC(COCc2ccccc2)C1.I. The molecule has 1 aliphatic rings. The van der Waals surface area contributed by atoms with Gasteiger partial charge in [0.15, 0.2) is 5.96 Å². The average molecular weight is 497 g/mol. The monoisotopic (exact) mass is 497 g/mol. The van der Waals surface area contributed by atoms with Gasteiger partial charge in [0.1, 0.15) is 11.5 Å². The highest BCUT2D eigenvalue weighted by Crippen LogP contribution is 2.19. The molecule has 1 atom stereocenters. The third-order valence-corrected chi connectivity index (χ3v) is 4.93. The van der Waals surface area contributed by atoms with Crippen LogP contribution in [-0.2, 0) is 17.9 Å². The number of likely N-dealkylation sites (tertiary alicyclic amines) is 1. The molecule has 0 amide bonds. The standard InChI is InChI=1S/C22H31N3O2.HI/c1-4-23-22(24-13-21-12-17(2)27-18(21)3)25-11-10-20(14-25)16-26-15-19-8-6-5-7-9-19;/h5-9,12,20H,4,10-11,13-16H2,1-3H3,(H,23,24);1H. The molecular formula is C22H32IN3O2. The Morgan fingerprint density at radius 3 is 2.75 bits per heavy atom. The van der Waals surface area contributed by atoms with E-state index in [1.165, 1.54) is 5.56 Å². The van der Waals surface area contributed by atoms with Crippen LogP contribution >= 0.6 is 24.0 Å². The Morgan fingerprint density at radius 1 is 1.29 bits per heavy atom. The van der Waals surface area contributed by atoms with Crippen molar-refractivity contribution >= 4 is 29.9 Å². The summed E-state index contributed by atoms with van der Waals surface area (Å²) in [7, 11) is 0. The van der Waals surface area contributed by atoms with E-state index in [-0.39, 0.29) is 24.0 Å². The smallest absolute Gasteiger partial charge is 0.194 e. The van der Waals surface area contributed by atoms with Gasteiger partial charge >= 0.3 is 0 Å². The summed E-state index contributed by atoms with van der Waals surface area (Å²) in [5, 5.41) is 3.43. The van der Waals surface area contributed by atoms with Crippen LogP contribution in [0, 0.1) is 19.8 Å². The molecule has 1 unspecified atom stereocenters. The van der Waals surface area contributed by atoms with Crippen molar-refractivity contribution in [3.8, 4) is 0 Å². The van der Waals surface area contributed by atoms with Crippen LogP contribution in [0.3, 0.4) is 0 Å². The van der Waals surface area contributed by atoms with E-state index in [1.54, 1.807) is 0 Å². The molecule has 1 aromatic carbocycles. The van der Waals surface area contributed by atoms with Crippen molar-refractivity contribution < 1.29 is 9.15 Å². The maximum absolute atomic E-state index is 5.94. The fourth-order valence-corrected chi connectivity index (χ4v) is 3.51. The summed E-state index contributed by atoms with van der Waals surface area (Å²) in [6, 6.07) is 12.4. The maximum Gasteiger partial charge on any atom is 0.194 e. The van der Waals surface area contributed by atoms with Crippen molar-refractivity contribution in [2.75, 3.05) is 26.2 Å². The molecule has 1 aliphatic heterocycles. The van der Waals surface area contributed by atoms with Gasteiger partial charge in [-0.05, 0) is 38.8 Å². The molecule has 154 valence electrons. The van der Waals surface area contributed by atoms with Crippen LogP contribution in [0.1, 0.15) is 36.0 Å². The zero-order valence-electron chi connectivity index (χ0n) is 17.1. The molecule has 1 aromatic heterocycles. The van der Waals surface area contributed by atoms with E-state index in [2.05, 4.69) is 47.5 Å². The van der Waals surface area contributed by atoms with Crippen molar-refractivity contribution in [3.05, 3.63) is 59.0 Å². The van der Waals surface area contributed by atoms with Gasteiger partial charge in [-0.1, -0.05) is 30.3 Å². The number of rotatable bonds is 7. The van der Waals surface area contributed by atoms with Gasteiger partial charge in [0.05, 0.1) is 19.8 Å². The van der Waals surface area contributed by atoms with Crippen molar-refractivity contribution in [2.45, 2.75) is 40.3 Å². The lowest BCUT2D eigenvalue weighted by molar-refractivity contribution is 0.0906. The molecular weight excluding hydrogens is 465 g/mol. The number of aryl methyl sites for hydroxylation is 2. The van der Waals surface area contributed by atoms with Gasteiger partial charge in [0, 0.05) is 31.1 Å². The molecule has 1 N–H and O–H groups in total. The molecule has 0 bridgehead atoms. The fraction of sp³-hybridized carbons (Fsp3) is 0.500. The molecule has 0 radical (unpaired) electrons. The number of ether oxygens (including phenoxy) is 1. The summed E-state index contributed by atoms with van der Waals surface area (Å²) >= 11 is 0. The molecule has 1 saturated heterocycles. The van der Waals surface area contributed by atoms with Gasteiger partial charge in [-0.25, -0.2) is 4.99 Å². The number of guanidine groups is 1. The minimum Gasteiger partial charge on any atom is -0.466 e. The summed E-state index contributed by atoms with van der Waals surface area (Å²) < 4.78 is 11.6. The van der Waals surface area contributed by atoms with Gasteiger partial charge in [-0.2, -0.15) is 0 Å². The first-order valence-electron chi connectivity index (χ1n) is 9.86. The van der Waals surface area contributed by atoms with Crippen LogP contribution in [0.2, 0.25) is 0 Å². The molecule has 0 spiro atoms. The number of nitrogens with one attached hydrogen (secondary N) is 1. The predicted molar refractivity (Wildman–Crippen MR) is 124 cm³/mol. The normalized spacial score (nSPS) is 16.9. The highest BCUT2D eigenvalue weighted by atomic mass is 127. The molecule has 3 rings (SSSR count). The van der Waals surface area contributed by atoms with Crippen LogP contribution < -0.4 is 5.32 Å². The van der Waals surface area contributed by atoms with Crippen molar-refractivity contribution in [2.24, 2.45) is 10.9 Å². The first kappa shape index (κ1) is 22.7. The first-order valence-corrected chi connectivity index (χ1v) is 9.86. The lowest BCUT2D eigenvalue weighted by Gasteiger charge is -2.21. The largest absolute Gasteiger partial charge is 0.466 e. The fourth-order valence-electron chi connectivity index (χ4n) is 3.51. The van der Waals surface area contributed by atoms with Gasteiger partial charge < -0.3 is 19.4 Å². The van der Waals surface area contributed by atoms with Crippen LogP contribution in [0.25, 0.3) is 0 Å². The number of hydrogen-bond acceptors (Lipinski definition) is 3. The lowest BCUT2D eigenvalue weighted by Crippen LogP contribution is -2.40. The third kappa shape index (κ3) is 6.51. The third-order valence-electron chi connectivity index (χ3n) is 4.93. The number of halogens is 1. The molecule has 2 aromatic rings. The molecule has 1 fully saturated rings. The van der Waals surface area contributed by atoms with Gasteiger partial charge in [-0.3, -0.25) is 0 Å². The Hall–Kier alpha value is -1.54. The Bertz CT molecular complexity index is 745. The van der Waals surface area contributed by atoms with E-state index in [0.29, 0.717) is 19.1 Å². The molecule has 6 heteroatoms. The number of nitrogens with zero attached hydrogens (tertiary/aromatic N) is 2. The van der Waals surface area contributed by atoms with Gasteiger partial charge in [0.2, 0.25) is 0 Å². The second-order valence-electron chi connectivity index (χ2n) is 7.21. The van der Waals surface area contributed by atoms with Crippen LogP contribution in [0.5, 0.6) is 0 Å². The summed E-state index contributed by atoms with van der Waals surface area (Å²) in [5.41, 5.74) is 2.39. The highest BCUT2D eigenvalue weighted by Gasteiger charge is 2.25. The zero-order valence-corrected chi connectivity index (χ0v) is 19.4. The van der Waals surface area contributed by atoms with E-state index < -0.39 is 0 Å². The van der Waals surface area contributed by atoms with E-state index in [0.717, 1.165) is 55.7 Å². The quantitative estimate of drug-likeness (QED) is 0.347. The highest BCUT2D eigenvalue weighted by molar-refractivity contribution is 14.0. The minimum absolute atomic E-state index is 0. The molecule has 5 nitrogen and oxygen atoms in total. The minimum atomic E-state index is 0.